The second kappa shape index (κ2) is 5.66. The molecule has 0 radical (unpaired) electrons. The van der Waals surface area contributed by atoms with E-state index in [-0.39, 0.29) is 6.10 Å². The molecule has 0 aromatic rings. The van der Waals surface area contributed by atoms with Crippen LogP contribution in [0.1, 0.15) is 44.9 Å². The van der Waals surface area contributed by atoms with E-state index in [2.05, 4.69) is 17.5 Å². The van der Waals surface area contributed by atoms with E-state index in [1.165, 1.54) is 19.3 Å². The highest BCUT2D eigenvalue weighted by atomic mass is 16.3. The molecule has 2 aliphatic rings. The van der Waals surface area contributed by atoms with Crippen molar-refractivity contribution >= 4 is 0 Å². The monoisotopic (exact) mass is 209 g/mol. The van der Waals surface area contributed by atoms with Gasteiger partial charge in [0.1, 0.15) is 0 Å². The quantitative estimate of drug-likeness (QED) is 0.684. The van der Waals surface area contributed by atoms with Crippen molar-refractivity contribution in [1.29, 1.82) is 0 Å². The molecule has 2 nitrogen and oxygen atoms in total. The number of nitrogens with one attached hydrogen (secondary N) is 1. The van der Waals surface area contributed by atoms with Crippen LogP contribution in [0.2, 0.25) is 0 Å². The molecule has 1 fully saturated rings. The van der Waals surface area contributed by atoms with Crippen LogP contribution in [-0.2, 0) is 0 Å². The van der Waals surface area contributed by atoms with E-state index in [1.54, 1.807) is 0 Å². The molecule has 2 N–H and O–H groups in total. The summed E-state index contributed by atoms with van der Waals surface area (Å²) in [7, 11) is 0. The number of aliphatic hydroxyl groups is 1. The van der Waals surface area contributed by atoms with E-state index in [1.807, 2.05) is 0 Å². The average Bonchev–Trinajstić information content (AvgIpc) is 2.58. The standard InChI is InChI=1S/C13H23NO/c15-13(11-7-3-1-4-8-11)12-9-5-2-6-10-14-12/h1,3,11-15H,2,4-10H2. The van der Waals surface area contributed by atoms with Gasteiger partial charge < -0.3 is 10.4 Å². The lowest BCUT2D eigenvalue weighted by Gasteiger charge is -2.30. The highest BCUT2D eigenvalue weighted by Gasteiger charge is 2.27. The van der Waals surface area contributed by atoms with Crippen molar-refractivity contribution in [3.63, 3.8) is 0 Å². The topological polar surface area (TPSA) is 32.3 Å². The highest BCUT2D eigenvalue weighted by Crippen LogP contribution is 2.25. The number of aliphatic hydroxyl groups excluding tert-OH is 1. The van der Waals surface area contributed by atoms with Crippen molar-refractivity contribution < 1.29 is 5.11 Å². The summed E-state index contributed by atoms with van der Waals surface area (Å²) in [6.07, 6.45) is 12.7. The van der Waals surface area contributed by atoms with Gasteiger partial charge in [-0.05, 0) is 44.6 Å². The van der Waals surface area contributed by atoms with Crippen LogP contribution in [0.4, 0.5) is 0 Å². The zero-order chi connectivity index (χ0) is 10.5. The van der Waals surface area contributed by atoms with E-state index >= 15 is 0 Å². The lowest BCUT2D eigenvalue weighted by Crippen LogP contribution is -2.43. The third kappa shape index (κ3) is 3.05. The molecule has 0 bridgehead atoms. The Labute approximate surface area is 92.8 Å². The number of hydrogen-bond donors (Lipinski definition) is 2. The maximum Gasteiger partial charge on any atom is 0.0724 e. The maximum absolute atomic E-state index is 10.3. The molecule has 1 aliphatic carbocycles. The van der Waals surface area contributed by atoms with Gasteiger partial charge in [0, 0.05) is 6.04 Å². The van der Waals surface area contributed by atoms with Crippen LogP contribution in [0.25, 0.3) is 0 Å². The fourth-order valence-electron chi connectivity index (χ4n) is 2.80. The fourth-order valence-corrected chi connectivity index (χ4v) is 2.80. The molecule has 0 spiro atoms. The molecule has 15 heavy (non-hydrogen) atoms. The highest BCUT2D eigenvalue weighted by molar-refractivity contribution is 4.95. The number of allylic oxidation sites excluding steroid dienone is 2. The largest absolute Gasteiger partial charge is 0.391 e. The molecule has 1 heterocycles. The van der Waals surface area contributed by atoms with Crippen molar-refractivity contribution in [2.24, 2.45) is 5.92 Å². The molecule has 3 atom stereocenters. The molecule has 0 aromatic heterocycles. The van der Waals surface area contributed by atoms with Gasteiger partial charge in [-0.2, -0.15) is 0 Å². The van der Waals surface area contributed by atoms with E-state index < -0.39 is 0 Å². The van der Waals surface area contributed by atoms with Gasteiger partial charge in [-0.25, -0.2) is 0 Å². The van der Waals surface area contributed by atoms with Crippen molar-refractivity contribution in [2.75, 3.05) is 6.54 Å². The normalized spacial score (nSPS) is 34.7. The first-order valence-corrected chi connectivity index (χ1v) is 6.44. The molecule has 1 saturated heterocycles. The molecule has 86 valence electrons. The van der Waals surface area contributed by atoms with Gasteiger partial charge in [0.15, 0.2) is 0 Å². The Bertz CT molecular complexity index is 207. The Morgan fingerprint density at radius 3 is 2.87 bits per heavy atom. The van der Waals surface area contributed by atoms with Crippen molar-refractivity contribution in [1.82, 2.24) is 5.32 Å². The van der Waals surface area contributed by atoms with Crippen LogP contribution in [-0.4, -0.2) is 23.8 Å². The summed E-state index contributed by atoms with van der Waals surface area (Å²) in [5.74, 6) is 0.491. The van der Waals surface area contributed by atoms with E-state index in [4.69, 9.17) is 0 Å². The molecule has 2 rings (SSSR count). The minimum atomic E-state index is -0.131. The van der Waals surface area contributed by atoms with Gasteiger partial charge >= 0.3 is 0 Å². The maximum atomic E-state index is 10.3. The Morgan fingerprint density at radius 1 is 1.13 bits per heavy atom. The summed E-state index contributed by atoms with van der Waals surface area (Å²) in [4.78, 5) is 0. The Balaban J connectivity index is 1.87. The summed E-state index contributed by atoms with van der Waals surface area (Å²) >= 11 is 0. The first-order valence-electron chi connectivity index (χ1n) is 6.44. The second-order valence-corrected chi connectivity index (χ2v) is 4.95. The lowest BCUT2D eigenvalue weighted by atomic mass is 9.85. The third-order valence-electron chi connectivity index (χ3n) is 3.80. The third-order valence-corrected chi connectivity index (χ3v) is 3.80. The van der Waals surface area contributed by atoms with Crippen molar-refractivity contribution in [3.8, 4) is 0 Å². The molecule has 1 aliphatic heterocycles. The predicted octanol–water partition coefficient (Wildman–Crippen LogP) is 2.24. The fraction of sp³-hybridized carbons (Fsp3) is 0.846. The zero-order valence-corrected chi connectivity index (χ0v) is 9.49. The molecule has 0 aromatic carbocycles. The molecule has 2 heteroatoms. The summed E-state index contributed by atoms with van der Waals surface area (Å²) < 4.78 is 0. The van der Waals surface area contributed by atoms with Crippen LogP contribution in [0, 0.1) is 5.92 Å². The van der Waals surface area contributed by atoms with Crippen LogP contribution >= 0.6 is 0 Å². The summed E-state index contributed by atoms with van der Waals surface area (Å²) in [5, 5.41) is 13.8. The summed E-state index contributed by atoms with van der Waals surface area (Å²) in [6, 6.07) is 0.351. The van der Waals surface area contributed by atoms with Gasteiger partial charge in [-0.3, -0.25) is 0 Å². The molecule has 0 amide bonds. The Morgan fingerprint density at radius 2 is 2.07 bits per heavy atom. The van der Waals surface area contributed by atoms with Crippen LogP contribution in [0.3, 0.4) is 0 Å². The SMILES string of the molecule is OC(C1CC=CCC1)C1CCCCCN1. The molecule has 3 unspecified atom stereocenters. The minimum Gasteiger partial charge on any atom is -0.391 e. The number of rotatable bonds is 2. The first-order chi connectivity index (χ1) is 7.38. The van der Waals surface area contributed by atoms with E-state index in [0.29, 0.717) is 12.0 Å². The van der Waals surface area contributed by atoms with Gasteiger partial charge in [-0.15, -0.1) is 0 Å². The van der Waals surface area contributed by atoms with Crippen LogP contribution in [0.15, 0.2) is 12.2 Å². The first kappa shape index (κ1) is 11.2. The van der Waals surface area contributed by atoms with Gasteiger partial charge in [-0.1, -0.05) is 25.0 Å². The van der Waals surface area contributed by atoms with Crippen LogP contribution in [0.5, 0.6) is 0 Å². The molecule has 0 saturated carbocycles. The van der Waals surface area contributed by atoms with Crippen molar-refractivity contribution in [3.05, 3.63) is 12.2 Å². The van der Waals surface area contributed by atoms with Crippen molar-refractivity contribution in [2.45, 2.75) is 57.1 Å². The smallest absolute Gasteiger partial charge is 0.0724 e. The van der Waals surface area contributed by atoms with E-state index in [0.717, 1.165) is 32.2 Å². The Hall–Kier alpha value is -0.340. The van der Waals surface area contributed by atoms with Gasteiger partial charge in [0.05, 0.1) is 6.10 Å². The predicted molar refractivity (Wildman–Crippen MR) is 62.7 cm³/mol. The van der Waals surface area contributed by atoms with E-state index in [9.17, 15) is 5.11 Å². The number of hydrogen-bond acceptors (Lipinski definition) is 2. The van der Waals surface area contributed by atoms with Gasteiger partial charge in [0.2, 0.25) is 0 Å². The molecular formula is C13H23NO. The minimum absolute atomic E-state index is 0.131. The van der Waals surface area contributed by atoms with Crippen LogP contribution < -0.4 is 5.32 Å². The lowest BCUT2D eigenvalue weighted by molar-refractivity contribution is 0.0622. The Kier molecular flexibility index (Phi) is 4.21. The average molecular weight is 209 g/mol. The van der Waals surface area contributed by atoms with Gasteiger partial charge in [0.25, 0.3) is 0 Å². The summed E-state index contributed by atoms with van der Waals surface area (Å²) in [6.45, 7) is 1.09. The molecular weight excluding hydrogens is 186 g/mol. The zero-order valence-electron chi connectivity index (χ0n) is 9.49. The summed E-state index contributed by atoms with van der Waals surface area (Å²) in [5.41, 5.74) is 0. The second-order valence-electron chi connectivity index (χ2n) is 4.95.